The second kappa shape index (κ2) is 12.2. The SMILES string of the molecule is C=CC(COc1ccc(CC(=C)NC(c2ccccc2)c2ccc(C)cc2C)cc1)c1cccnc1C. The third-order valence-electron chi connectivity index (χ3n) is 6.72. The number of rotatable bonds is 11. The minimum absolute atomic E-state index is 0.0451. The zero-order valence-electron chi connectivity index (χ0n) is 22.1. The van der Waals surface area contributed by atoms with Gasteiger partial charge in [-0.05, 0) is 66.8 Å². The van der Waals surface area contributed by atoms with E-state index < -0.39 is 0 Å². The lowest BCUT2D eigenvalue weighted by Gasteiger charge is -2.24. The van der Waals surface area contributed by atoms with Crippen LogP contribution in [0.5, 0.6) is 5.75 Å². The van der Waals surface area contributed by atoms with Crippen molar-refractivity contribution in [2.24, 2.45) is 0 Å². The van der Waals surface area contributed by atoms with E-state index in [1.807, 2.05) is 37.4 Å². The Morgan fingerprint density at radius 2 is 1.68 bits per heavy atom. The van der Waals surface area contributed by atoms with Gasteiger partial charge in [-0.25, -0.2) is 0 Å². The van der Waals surface area contributed by atoms with E-state index in [9.17, 15) is 0 Å². The number of benzene rings is 3. The molecule has 0 fully saturated rings. The van der Waals surface area contributed by atoms with Crippen LogP contribution < -0.4 is 10.1 Å². The molecule has 3 heteroatoms. The normalized spacial score (nSPS) is 12.4. The summed E-state index contributed by atoms with van der Waals surface area (Å²) in [6.07, 6.45) is 4.47. The van der Waals surface area contributed by atoms with Gasteiger partial charge >= 0.3 is 0 Å². The van der Waals surface area contributed by atoms with Crippen molar-refractivity contribution in [3.8, 4) is 5.75 Å². The lowest BCUT2D eigenvalue weighted by molar-refractivity contribution is 0.305. The Morgan fingerprint density at radius 3 is 2.35 bits per heavy atom. The van der Waals surface area contributed by atoms with Gasteiger partial charge in [0.05, 0.1) is 12.6 Å². The molecule has 4 rings (SSSR count). The average Bonchev–Trinajstić information content (AvgIpc) is 2.90. The number of allylic oxidation sites excluding steroid dienone is 1. The molecule has 0 aliphatic carbocycles. The number of hydrogen-bond donors (Lipinski definition) is 1. The van der Waals surface area contributed by atoms with Gasteiger partial charge in [0.25, 0.3) is 0 Å². The first kappa shape index (κ1) is 26.0. The van der Waals surface area contributed by atoms with Gasteiger partial charge in [-0.3, -0.25) is 4.98 Å². The predicted octanol–water partition coefficient (Wildman–Crippen LogP) is 7.79. The van der Waals surface area contributed by atoms with E-state index in [-0.39, 0.29) is 12.0 Å². The Morgan fingerprint density at radius 1 is 0.919 bits per heavy atom. The number of nitrogens with zero attached hydrogens (tertiary/aromatic N) is 1. The number of pyridine rings is 1. The summed E-state index contributed by atoms with van der Waals surface area (Å²) in [6.45, 7) is 15.2. The molecule has 2 unspecified atom stereocenters. The van der Waals surface area contributed by atoms with E-state index in [0.717, 1.165) is 29.1 Å². The minimum atomic E-state index is 0.0451. The Kier molecular flexibility index (Phi) is 8.58. The van der Waals surface area contributed by atoms with E-state index >= 15 is 0 Å². The van der Waals surface area contributed by atoms with Crippen molar-refractivity contribution in [1.29, 1.82) is 0 Å². The van der Waals surface area contributed by atoms with Crippen molar-refractivity contribution in [2.45, 2.75) is 39.2 Å². The molecule has 1 N–H and O–H groups in total. The largest absolute Gasteiger partial charge is 0.493 e. The molecule has 37 heavy (non-hydrogen) atoms. The first-order valence-corrected chi connectivity index (χ1v) is 12.8. The van der Waals surface area contributed by atoms with Gasteiger partial charge in [0, 0.05) is 29.9 Å². The molecule has 3 nitrogen and oxygen atoms in total. The van der Waals surface area contributed by atoms with Crippen LogP contribution in [0, 0.1) is 20.8 Å². The van der Waals surface area contributed by atoms with Gasteiger partial charge in [0.15, 0.2) is 0 Å². The minimum Gasteiger partial charge on any atom is -0.493 e. The van der Waals surface area contributed by atoms with E-state index in [4.69, 9.17) is 4.74 Å². The topological polar surface area (TPSA) is 34.1 Å². The number of hydrogen-bond acceptors (Lipinski definition) is 3. The van der Waals surface area contributed by atoms with Gasteiger partial charge in [-0.2, -0.15) is 0 Å². The molecule has 3 aromatic carbocycles. The molecule has 0 aliphatic heterocycles. The molecule has 1 aromatic heterocycles. The Bertz CT molecular complexity index is 1340. The number of aromatic nitrogens is 1. The van der Waals surface area contributed by atoms with Crippen molar-refractivity contribution in [1.82, 2.24) is 10.3 Å². The third-order valence-corrected chi connectivity index (χ3v) is 6.72. The second-order valence-corrected chi connectivity index (χ2v) is 9.60. The molecule has 0 amide bonds. The van der Waals surface area contributed by atoms with Gasteiger partial charge in [0.2, 0.25) is 0 Å². The summed E-state index contributed by atoms with van der Waals surface area (Å²) in [7, 11) is 0. The van der Waals surface area contributed by atoms with E-state index in [0.29, 0.717) is 6.61 Å². The molecular formula is C34H36N2O. The van der Waals surface area contributed by atoms with Crippen molar-refractivity contribution < 1.29 is 4.74 Å². The quantitative estimate of drug-likeness (QED) is 0.219. The monoisotopic (exact) mass is 488 g/mol. The zero-order valence-corrected chi connectivity index (χ0v) is 22.1. The Labute approximate surface area is 221 Å². The third kappa shape index (κ3) is 6.77. The van der Waals surface area contributed by atoms with Crippen LogP contribution in [0.3, 0.4) is 0 Å². The van der Waals surface area contributed by atoms with Crippen LogP contribution in [0.4, 0.5) is 0 Å². The maximum atomic E-state index is 6.09. The van der Waals surface area contributed by atoms with Crippen molar-refractivity contribution in [2.75, 3.05) is 6.61 Å². The van der Waals surface area contributed by atoms with E-state index in [1.165, 1.54) is 27.8 Å². The van der Waals surface area contributed by atoms with Crippen LogP contribution in [0.2, 0.25) is 0 Å². The summed E-state index contributed by atoms with van der Waals surface area (Å²) in [5, 5.41) is 3.70. The number of aryl methyl sites for hydroxylation is 3. The first-order chi connectivity index (χ1) is 17.9. The molecule has 4 aromatic rings. The smallest absolute Gasteiger partial charge is 0.119 e. The van der Waals surface area contributed by atoms with Gasteiger partial charge in [-0.1, -0.05) is 84.9 Å². The molecule has 0 radical (unpaired) electrons. The van der Waals surface area contributed by atoms with Gasteiger partial charge in [0.1, 0.15) is 5.75 Å². The van der Waals surface area contributed by atoms with Crippen LogP contribution in [0.15, 0.2) is 116 Å². The highest BCUT2D eigenvalue weighted by Crippen LogP contribution is 2.27. The van der Waals surface area contributed by atoms with Crippen LogP contribution >= 0.6 is 0 Å². The molecule has 188 valence electrons. The predicted molar refractivity (Wildman–Crippen MR) is 154 cm³/mol. The Hall–Kier alpha value is -4.11. The van der Waals surface area contributed by atoms with Gasteiger partial charge in [-0.15, -0.1) is 6.58 Å². The lowest BCUT2D eigenvalue weighted by Crippen LogP contribution is -2.23. The fraction of sp³-hybridized carbons (Fsp3) is 0.206. The summed E-state index contributed by atoms with van der Waals surface area (Å²) in [6, 6.07) is 29.5. The van der Waals surface area contributed by atoms with Crippen LogP contribution in [-0.2, 0) is 6.42 Å². The summed E-state index contributed by atoms with van der Waals surface area (Å²) in [5.74, 6) is 0.936. The average molecular weight is 489 g/mol. The summed E-state index contributed by atoms with van der Waals surface area (Å²) in [5.41, 5.74) is 9.34. The first-order valence-electron chi connectivity index (χ1n) is 12.8. The van der Waals surface area contributed by atoms with Gasteiger partial charge < -0.3 is 10.1 Å². The molecule has 0 spiro atoms. The molecule has 0 saturated heterocycles. The fourth-order valence-electron chi connectivity index (χ4n) is 4.70. The maximum absolute atomic E-state index is 6.09. The number of ether oxygens (including phenoxy) is 1. The summed E-state index contributed by atoms with van der Waals surface area (Å²) in [4.78, 5) is 4.39. The van der Waals surface area contributed by atoms with Crippen LogP contribution in [-0.4, -0.2) is 11.6 Å². The highest BCUT2D eigenvalue weighted by atomic mass is 16.5. The zero-order chi connectivity index (χ0) is 26.2. The van der Waals surface area contributed by atoms with E-state index in [1.54, 1.807) is 0 Å². The van der Waals surface area contributed by atoms with Crippen molar-refractivity contribution in [3.63, 3.8) is 0 Å². The molecule has 0 bridgehead atoms. The second-order valence-electron chi connectivity index (χ2n) is 9.60. The molecule has 0 saturated carbocycles. The highest BCUT2D eigenvalue weighted by Gasteiger charge is 2.17. The van der Waals surface area contributed by atoms with E-state index in [2.05, 4.69) is 104 Å². The van der Waals surface area contributed by atoms with Crippen LogP contribution in [0.25, 0.3) is 0 Å². The standard InChI is InChI=1S/C34H36N2O/c1-6-29(33-13-10-20-35-27(33)5)23-37-31-17-15-28(16-18-31)22-26(4)36-34(30-11-8-7-9-12-30)32-19-14-24(2)21-25(32)3/h6-21,29,34,36H,1,4,22-23H2,2-3,5H3. The van der Waals surface area contributed by atoms with Crippen molar-refractivity contribution in [3.05, 3.63) is 155 Å². The summed E-state index contributed by atoms with van der Waals surface area (Å²) < 4.78 is 6.09. The van der Waals surface area contributed by atoms with Crippen molar-refractivity contribution >= 4 is 0 Å². The van der Waals surface area contributed by atoms with Crippen LogP contribution in [0.1, 0.15) is 51.0 Å². The molecule has 2 atom stereocenters. The summed E-state index contributed by atoms with van der Waals surface area (Å²) >= 11 is 0. The lowest BCUT2D eigenvalue weighted by atomic mass is 9.93. The Balaban J connectivity index is 1.41. The maximum Gasteiger partial charge on any atom is 0.119 e. The molecular weight excluding hydrogens is 452 g/mol. The fourth-order valence-corrected chi connectivity index (χ4v) is 4.70. The highest BCUT2D eigenvalue weighted by molar-refractivity contribution is 5.40. The number of nitrogens with one attached hydrogen (secondary N) is 1. The molecule has 0 aliphatic rings. The molecule has 1 heterocycles.